The maximum absolute atomic E-state index is 5.16. The van der Waals surface area contributed by atoms with E-state index in [1.54, 1.807) is 7.11 Å². The normalized spacial score (nSPS) is 25.4. The van der Waals surface area contributed by atoms with Crippen LogP contribution < -0.4 is 5.32 Å². The molecule has 1 aromatic rings. The highest BCUT2D eigenvalue weighted by Crippen LogP contribution is 2.37. The summed E-state index contributed by atoms with van der Waals surface area (Å²) in [5, 5.41) is 3.42. The average Bonchev–Trinajstić information content (AvgIpc) is 2.80. The van der Waals surface area contributed by atoms with Crippen molar-refractivity contribution >= 4 is 5.95 Å². The van der Waals surface area contributed by atoms with Crippen LogP contribution in [0.15, 0.2) is 12.4 Å². The Morgan fingerprint density at radius 1 is 1.69 bits per heavy atom. The third kappa shape index (κ3) is 2.55. The monoisotopic (exact) mass is 223 g/mol. The Kier molecular flexibility index (Phi) is 3.49. The van der Waals surface area contributed by atoms with Crippen LogP contribution in [0.1, 0.15) is 26.3 Å². The number of aromatic nitrogens is 2. The number of rotatable bonds is 6. The number of imidazole rings is 1. The average molecular weight is 223 g/mol. The van der Waals surface area contributed by atoms with Gasteiger partial charge in [0.1, 0.15) is 0 Å². The third-order valence-electron chi connectivity index (χ3n) is 3.35. The highest BCUT2D eigenvalue weighted by molar-refractivity contribution is 5.27. The van der Waals surface area contributed by atoms with Crippen LogP contribution in [0.2, 0.25) is 0 Å². The molecule has 1 aliphatic rings. The first-order valence-corrected chi connectivity index (χ1v) is 5.98. The lowest BCUT2D eigenvalue weighted by atomic mass is 10.3. The summed E-state index contributed by atoms with van der Waals surface area (Å²) in [5.41, 5.74) is 0. The van der Waals surface area contributed by atoms with Gasteiger partial charge in [0.15, 0.2) is 0 Å². The molecule has 3 atom stereocenters. The van der Waals surface area contributed by atoms with E-state index in [9.17, 15) is 0 Å². The van der Waals surface area contributed by atoms with E-state index in [1.807, 2.05) is 12.4 Å². The Morgan fingerprint density at radius 3 is 3.06 bits per heavy atom. The molecule has 0 aliphatic heterocycles. The number of nitrogens with one attached hydrogen (secondary N) is 1. The fourth-order valence-corrected chi connectivity index (χ4v) is 2.03. The lowest BCUT2D eigenvalue weighted by molar-refractivity contribution is 0.163. The van der Waals surface area contributed by atoms with Crippen molar-refractivity contribution in [2.24, 2.45) is 11.8 Å². The van der Waals surface area contributed by atoms with Gasteiger partial charge in [-0.3, -0.25) is 0 Å². The Morgan fingerprint density at radius 2 is 2.44 bits per heavy atom. The molecule has 0 bridgehead atoms. The second-order valence-electron chi connectivity index (χ2n) is 4.82. The Balaban J connectivity index is 1.90. The summed E-state index contributed by atoms with van der Waals surface area (Å²) < 4.78 is 7.30. The summed E-state index contributed by atoms with van der Waals surface area (Å²) in [6.45, 7) is 6.19. The zero-order valence-electron chi connectivity index (χ0n) is 10.3. The van der Waals surface area contributed by atoms with Crippen LogP contribution in [0.3, 0.4) is 0 Å². The molecule has 4 heteroatoms. The number of hydrogen-bond donors (Lipinski definition) is 1. The number of hydrogen-bond acceptors (Lipinski definition) is 3. The molecule has 1 fully saturated rings. The molecule has 3 unspecified atom stereocenters. The first kappa shape index (κ1) is 11.5. The lowest BCUT2D eigenvalue weighted by Crippen LogP contribution is -2.15. The van der Waals surface area contributed by atoms with Gasteiger partial charge >= 0.3 is 0 Å². The van der Waals surface area contributed by atoms with Gasteiger partial charge in [-0.15, -0.1) is 0 Å². The standard InChI is InChI=1S/C12H21N3O/c1-9-6-11(9)7-14-12-13-4-5-15(12)10(2)8-16-3/h4-5,9-11H,6-8H2,1-3H3,(H,13,14). The van der Waals surface area contributed by atoms with Crippen molar-refractivity contribution in [3.8, 4) is 0 Å². The molecular formula is C12H21N3O. The molecular weight excluding hydrogens is 202 g/mol. The van der Waals surface area contributed by atoms with Gasteiger partial charge in [0.05, 0.1) is 12.6 Å². The van der Waals surface area contributed by atoms with Gasteiger partial charge in [-0.25, -0.2) is 4.98 Å². The van der Waals surface area contributed by atoms with E-state index < -0.39 is 0 Å². The maximum Gasteiger partial charge on any atom is 0.203 e. The van der Waals surface area contributed by atoms with Gasteiger partial charge in [0.25, 0.3) is 0 Å². The maximum atomic E-state index is 5.16. The summed E-state index contributed by atoms with van der Waals surface area (Å²) >= 11 is 0. The molecule has 0 amide bonds. The van der Waals surface area contributed by atoms with E-state index in [2.05, 4.69) is 28.7 Å². The zero-order chi connectivity index (χ0) is 11.5. The lowest BCUT2D eigenvalue weighted by Gasteiger charge is -2.16. The van der Waals surface area contributed by atoms with Gasteiger partial charge in [0, 0.05) is 26.0 Å². The molecule has 1 aromatic heterocycles. The molecule has 1 aliphatic carbocycles. The smallest absolute Gasteiger partial charge is 0.203 e. The van der Waals surface area contributed by atoms with E-state index in [4.69, 9.17) is 4.74 Å². The summed E-state index contributed by atoms with van der Waals surface area (Å²) in [6.07, 6.45) is 5.19. The van der Waals surface area contributed by atoms with Crippen molar-refractivity contribution in [3.63, 3.8) is 0 Å². The minimum absolute atomic E-state index is 0.326. The summed E-state index contributed by atoms with van der Waals surface area (Å²) in [4.78, 5) is 4.34. The van der Waals surface area contributed by atoms with E-state index in [0.717, 1.165) is 24.3 Å². The predicted octanol–water partition coefficient (Wildman–Crippen LogP) is 2.16. The molecule has 2 rings (SSSR count). The van der Waals surface area contributed by atoms with Crippen molar-refractivity contribution in [2.45, 2.75) is 26.3 Å². The van der Waals surface area contributed by atoms with Gasteiger partial charge in [-0.2, -0.15) is 0 Å². The molecule has 0 spiro atoms. The molecule has 0 saturated heterocycles. The molecule has 0 aromatic carbocycles. The zero-order valence-corrected chi connectivity index (χ0v) is 10.3. The summed E-state index contributed by atoms with van der Waals surface area (Å²) in [7, 11) is 1.73. The Hall–Kier alpha value is -1.03. The highest BCUT2D eigenvalue weighted by atomic mass is 16.5. The van der Waals surface area contributed by atoms with Crippen molar-refractivity contribution in [1.82, 2.24) is 9.55 Å². The van der Waals surface area contributed by atoms with Crippen LogP contribution in [0, 0.1) is 11.8 Å². The molecule has 1 heterocycles. The van der Waals surface area contributed by atoms with Crippen molar-refractivity contribution in [3.05, 3.63) is 12.4 Å². The first-order chi connectivity index (χ1) is 7.72. The summed E-state index contributed by atoms with van der Waals surface area (Å²) in [5.74, 6) is 2.68. The third-order valence-corrected chi connectivity index (χ3v) is 3.35. The van der Waals surface area contributed by atoms with Crippen molar-refractivity contribution < 1.29 is 4.74 Å². The van der Waals surface area contributed by atoms with E-state index >= 15 is 0 Å². The minimum Gasteiger partial charge on any atom is -0.383 e. The van der Waals surface area contributed by atoms with E-state index in [1.165, 1.54) is 6.42 Å². The molecule has 1 saturated carbocycles. The number of ether oxygens (including phenoxy) is 1. The van der Waals surface area contributed by atoms with Crippen LogP contribution in [0.25, 0.3) is 0 Å². The number of methoxy groups -OCH3 is 1. The topological polar surface area (TPSA) is 39.1 Å². The Labute approximate surface area is 97.0 Å². The van der Waals surface area contributed by atoms with Gasteiger partial charge < -0.3 is 14.6 Å². The Bertz CT molecular complexity index is 337. The number of nitrogens with zero attached hydrogens (tertiary/aromatic N) is 2. The van der Waals surface area contributed by atoms with E-state index in [0.29, 0.717) is 12.6 Å². The van der Waals surface area contributed by atoms with Crippen LogP contribution in [0.4, 0.5) is 5.95 Å². The second-order valence-corrected chi connectivity index (χ2v) is 4.82. The fourth-order valence-electron chi connectivity index (χ4n) is 2.03. The predicted molar refractivity (Wildman–Crippen MR) is 64.6 cm³/mol. The van der Waals surface area contributed by atoms with Crippen LogP contribution in [-0.4, -0.2) is 29.8 Å². The second kappa shape index (κ2) is 4.87. The van der Waals surface area contributed by atoms with E-state index in [-0.39, 0.29) is 0 Å². The SMILES string of the molecule is COCC(C)n1ccnc1NCC1CC1C. The van der Waals surface area contributed by atoms with Crippen LogP contribution >= 0.6 is 0 Å². The van der Waals surface area contributed by atoms with Crippen molar-refractivity contribution in [2.75, 3.05) is 25.6 Å². The molecule has 0 radical (unpaired) electrons. The fraction of sp³-hybridized carbons (Fsp3) is 0.750. The van der Waals surface area contributed by atoms with Crippen LogP contribution in [-0.2, 0) is 4.74 Å². The minimum atomic E-state index is 0.326. The van der Waals surface area contributed by atoms with Gasteiger partial charge in [-0.05, 0) is 25.2 Å². The first-order valence-electron chi connectivity index (χ1n) is 5.98. The van der Waals surface area contributed by atoms with Crippen LogP contribution in [0.5, 0.6) is 0 Å². The summed E-state index contributed by atoms with van der Waals surface area (Å²) in [6, 6.07) is 0.326. The van der Waals surface area contributed by atoms with Gasteiger partial charge in [-0.1, -0.05) is 6.92 Å². The van der Waals surface area contributed by atoms with Crippen molar-refractivity contribution in [1.29, 1.82) is 0 Å². The quantitative estimate of drug-likeness (QED) is 0.803. The molecule has 1 N–H and O–H groups in total. The highest BCUT2D eigenvalue weighted by Gasteiger charge is 2.32. The number of anilines is 1. The largest absolute Gasteiger partial charge is 0.383 e. The van der Waals surface area contributed by atoms with Gasteiger partial charge in [0.2, 0.25) is 5.95 Å². The molecule has 16 heavy (non-hydrogen) atoms. The molecule has 90 valence electrons. The molecule has 4 nitrogen and oxygen atoms in total.